The third-order valence-electron chi connectivity index (χ3n) is 9.91. The van der Waals surface area contributed by atoms with Gasteiger partial charge in [0.25, 0.3) is 0 Å². The van der Waals surface area contributed by atoms with Crippen molar-refractivity contribution < 1.29 is 22.9 Å². The average molecular weight is 683 g/mol. The summed E-state index contributed by atoms with van der Waals surface area (Å²) in [6.45, 7) is 11.7. The standard InChI is InChI=1S/C36H37F2N9O3/c1-7-27(48)45-14-19(5)46(15-18(45)4)33-21-13-23(38)31-29-22(37)8-9-26-28(29)20(16-44(26)6)12-24(39)35(49)41-25-10-11-40-30(17(2)3)32(25)47(34(21)42-31)36(50)43-33/h7-11,13,16-20,24H,1,12,14-15,39H2,2-6H3/p+1/t18-,19+,20?,24?/m1/s1. The van der Waals surface area contributed by atoms with Gasteiger partial charge in [-0.2, -0.15) is 4.98 Å². The van der Waals surface area contributed by atoms with Crippen LogP contribution in [0.15, 0.2) is 47.9 Å². The Hall–Kier alpha value is -5.37. The molecule has 7 rings (SSSR count). The molecule has 0 aliphatic carbocycles. The number of fused-ring (bicyclic) bond motifs is 4. The zero-order valence-electron chi connectivity index (χ0n) is 28.4. The van der Waals surface area contributed by atoms with Crippen molar-refractivity contribution in [2.45, 2.75) is 64.1 Å². The average Bonchev–Trinajstić information content (AvgIpc) is 3.39. The number of carbonyl (C=O) groups is 2. The van der Waals surface area contributed by atoms with Crippen molar-refractivity contribution in [2.24, 2.45) is 5.73 Å². The number of nitrogens with two attached hydrogens (primary N) is 1. The second-order valence-corrected chi connectivity index (χ2v) is 13.6. The van der Waals surface area contributed by atoms with Crippen LogP contribution < -0.4 is 21.6 Å². The molecule has 4 atom stereocenters. The number of hydrogen-bond donors (Lipinski definition) is 2. The molecule has 3 aromatic heterocycles. The second-order valence-electron chi connectivity index (χ2n) is 13.6. The van der Waals surface area contributed by atoms with E-state index in [1.54, 1.807) is 28.7 Å². The monoisotopic (exact) mass is 682 g/mol. The number of halogens is 2. The van der Waals surface area contributed by atoms with Gasteiger partial charge in [0.15, 0.2) is 17.7 Å². The molecule has 1 fully saturated rings. The molecule has 258 valence electrons. The smallest absolute Gasteiger partial charge is 0.349 e. The minimum atomic E-state index is -1.05. The Balaban J connectivity index is 1.59. The van der Waals surface area contributed by atoms with Gasteiger partial charge in [-0.25, -0.2) is 27.7 Å². The number of aromatic nitrogens is 4. The molecule has 3 N–H and O–H groups in total. The van der Waals surface area contributed by atoms with E-state index in [0.717, 1.165) is 0 Å². The first-order valence-corrected chi connectivity index (χ1v) is 16.6. The van der Waals surface area contributed by atoms with E-state index in [9.17, 15) is 14.4 Å². The Bertz CT molecular complexity index is 2220. The molecule has 4 aromatic rings. The van der Waals surface area contributed by atoms with Crippen LogP contribution in [0.4, 0.5) is 26.0 Å². The van der Waals surface area contributed by atoms with Crippen LogP contribution in [0.3, 0.4) is 0 Å². The van der Waals surface area contributed by atoms with Crippen molar-refractivity contribution in [2.75, 3.05) is 30.4 Å². The Morgan fingerprint density at radius 2 is 1.88 bits per heavy atom. The summed E-state index contributed by atoms with van der Waals surface area (Å²) < 4.78 is 35.8. The lowest BCUT2D eigenvalue weighted by Gasteiger charge is -2.44. The fourth-order valence-electron chi connectivity index (χ4n) is 7.49. The van der Waals surface area contributed by atoms with E-state index in [1.807, 2.05) is 38.8 Å². The van der Waals surface area contributed by atoms with Crippen LogP contribution in [0.5, 0.6) is 0 Å². The lowest BCUT2D eigenvalue weighted by Crippen LogP contribution is -2.58. The van der Waals surface area contributed by atoms with E-state index < -0.39 is 35.2 Å². The van der Waals surface area contributed by atoms with Crippen molar-refractivity contribution >= 4 is 46.3 Å². The van der Waals surface area contributed by atoms with Crippen molar-refractivity contribution in [1.29, 1.82) is 0 Å². The first kappa shape index (κ1) is 33.1. The van der Waals surface area contributed by atoms with E-state index in [-0.39, 0.29) is 76.4 Å². The number of benzene rings is 1. The summed E-state index contributed by atoms with van der Waals surface area (Å²) in [5.74, 6) is -2.91. The molecule has 3 aliphatic rings. The molecule has 1 aromatic carbocycles. The summed E-state index contributed by atoms with van der Waals surface area (Å²) in [5, 5.41) is 3.09. The highest BCUT2D eigenvalue weighted by Crippen LogP contribution is 2.44. The molecule has 0 saturated carbocycles. The molecule has 1 saturated heterocycles. The summed E-state index contributed by atoms with van der Waals surface area (Å²) in [7, 11) is 1.79. The van der Waals surface area contributed by atoms with E-state index in [0.29, 0.717) is 23.5 Å². The molecule has 0 radical (unpaired) electrons. The van der Waals surface area contributed by atoms with Crippen LogP contribution in [0.2, 0.25) is 0 Å². The fourth-order valence-corrected chi connectivity index (χ4v) is 7.49. The van der Waals surface area contributed by atoms with Gasteiger partial charge >= 0.3 is 5.69 Å². The molecular formula is C36H38F2N9O3+. The van der Waals surface area contributed by atoms with Crippen LogP contribution in [0.25, 0.3) is 28.0 Å². The van der Waals surface area contributed by atoms with E-state index in [2.05, 4.69) is 21.9 Å². The summed E-state index contributed by atoms with van der Waals surface area (Å²) in [6, 6.07) is 3.97. The molecular weight excluding hydrogens is 644 g/mol. The zero-order valence-corrected chi connectivity index (χ0v) is 28.4. The Kier molecular flexibility index (Phi) is 8.08. The topological polar surface area (TPSA) is 142 Å². The normalized spacial score (nSPS) is 21.6. The summed E-state index contributed by atoms with van der Waals surface area (Å²) in [4.78, 5) is 58.2. The fraction of sp³-hybridized carbons (Fsp3) is 0.361. The first-order chi connectivity index (χ1) is 23.8. The largest absolute Gasteiger partial charge is 0.355 e. The zero-order chi connectivity index (χ0) is 35.8. The molecule has 3 aliphatic heterocycles. The molecule has 2 unspecified atom stereocenters. The highest BCUT2D eigenvalue weighted by atomic mass is 19.1. The van der Waals surface area contributed by atoms with Crippen LogP contribution >= 0.6 is 0 Å². The quantitative estimate of drug-likeness (QED) is 0.244. The van der Waals surface area contributed by atoms with Crippen LogP contribution in [-0.2, 0) is 9.59 Å². The number of hydrogen-bond acceptors (Lipinski definition) is 8. The Labute approximate surface area is 287 Å². The number of anilines is 2. The maximum atomic E-state index is 16.7. The summed E-state index contributed by atoms with van der Waals surface area (Å²) in [5.41, 5.74) is 7.29. The summed E-state index contributed by atoms with van der Waals surface area (Å²) in [6.07, 6.45) is 4.70. The predicted molar refractivity (Wildman–Crippen MR) is 186 cm³/mol. The first-order valence-electron chi connectivity index (χ1n) is 16.6. The molecule has 14 heteroatoms. The van der Waals surface area contributed by atoms with Gasteiger partial charge in [0.1, 0.15) is 24.4 Å². The van der Waals surface area contributed by atoms with Crippen LogP contribution in [0, 0.1) is 11.6 Å². The maximum Gasteiger partial charge on any atom is 0.355 e. The number of pyridine rings is 2. The third-order valence-corrected chi connectivity index (χ3v) is 9.91. The van der Waals surface area contributed by atoms with Gasteiger partial charge in [-0.05, 0) is 50.5 Å². The van der Waals surface area contributed by atoms with E-state index >= 15 is 8.78 Å². The van der Waals surface area contributed by atoms with Crippen LogP contribution in [0.1, 0.15) is 57.2 Å². The van der Waals surface area contributed by atoms with Gasteiger partial charge in [0.2, 0.25) is 17.5 Å². The molecule has 2 bridgehead atoms. The molecule has 0 spiro atoms. The number of amides is 2. The number of rotatable bonds is 3. The SMILES string of the molecule is C=CC(=O)N1C[C@H](C)N(c2nc(=O)n3c4nc(c(F)cc24)-c2c(F)ccc4c2C(C=[N+]4C)CC(N)C(=O)Nc2ccnc(C(C)C)c2-3)C[C@H]1C. The lowest BCUT2D eigenvalue weighted by molar-refractivity contribution is -0.396. The summed E-state index contributed by atoms with van der Waals surface area (Å²) >= 11 is 0. The van der Waals surface area contributed by atoms with Gasteiger partial charge in [0, 0.05) is 48.6 Å². The number of nitrogens with one attached hydrogen (secondary N) is 1. The highest BCUT2D eigenvalue weighted by Gasteiger charge is 2.39. The minimum absolute atomic E-state index is 0.00122. The highest BCUT2D eigenvalue weighted by molar-refractivity contribution is 5.99. The third kappa shape index (κ3) is 5.16. The van der Waals surface area contributed by atoms with Gasteiger partial charge in [-0.15, -0.1) is 0 Å². The molecule has 12 nitrogen and oxygen atoms in total. The van der Waals surface area contributed by atoms with Gasteiger partial charge < -0.3 is 20.9 Å². The Morgan fingerprint density at radius 1 is 1.12 bits per heavy atom. The van der Waals surface area contributed by atoms with Gasteiger partial charge in [0.05, 0.1) is 34.4 Å². The molecule has 6 heterocycles. The van der Waals surface area contributed by atoms with Gasteiger partial charge in [-0.1, -0.05) is 20.4 Å². The van der Waals surface area contributed by atoms with E-state index in [4.69, 9.17) is 10.7 Å². The molecule has 2 amide bonds. The van der Waals surface area contributed by atoms with E-state index in [1.165, 1.54) is 29.0 Å². The minimum Gasteiger partial charge on any atom is -0.349 e. The predicted octanol–water partition coefficient (Wildman–Crippen LogP) is 3.97. The number of nitrogens with zero attached hydrogens (tertiary/aromatic N) is 7. The van der Waals surface area contributed by atoms with Crippen molar-refractivity contribution in [3.8, 4) is 16.9 Å². The van der Waals surface area contributed by atoms with Crippen molar-refractivity contribution in [3.63, 3.8) is 0 Å². The Morgan fingerprint density at radius 3 is 2.60 bits per heavy atom. The number of piperazine rings is 1. The number of carbonyl (C=O) groups excluding carboxylic acids is 2. The maximum absolute atomic E-state index is 16.7. The van der Waals surface area contributed by atoms with Crippen molar-refractivity contribution in [3.05, 3.63) is 76.5 Å². The lowest BCUT2D eigenvalue weighted by atomic mass is 9.88. The second kappa shape index (κ2) is 12.2. The van der Waals surface area contributed by atoms with Crippen molar-refractivity contribution in [1.82, 2.24) is 24.4 Å². The van der Waals surface area contributed by atoms with Gasteiger partial charge in [-0.3, -0.25) is 14.6 Å². The molecule has 50 heavy (non-hydrogen) atoms. The van der Waals surface area contributed by atoms with Crippen LogP contribution in [-0.4, -0.2) is 85.3 Å².